The van der Waals surface area contributed by atoms with Crippen LogP contribution < -0.4 is 5.73 Å². The molecule has 0 aliphatic carbocycles. The molecule has 2 aromatic carbocycles. The Labute approximate surface area is 97.0 Å². The fourth-order valence-corrected chi connectivity index (χ4v) is 1.93. The van der Waals surface area contributed by atoms with Gasteiger partial charge in [-0.2, -0.15) is 13.2 Å². The second-order valence-electron chi connectivity index (χ2n) is 3.99. The third-order valence-corrected chi connectivity index (χ3v) is 2.67. The van der Waals surface area contributed by atoms with Gasteiger partial charge < -0.3 is 5.73 Å². The Morgan fingerprint density at radius 2 is 1.65 bits per heavy atom. The van der Waals surface area contributed by atoms with E-state index in [1.54, 1.807) is 24.3 Å². The highest BCUT2D eigenvalue weighted by molar-refractivity contribution is 5.86. The van der Waals surface area contributed by atoms with Crippen molar-refractivity contribution in [2.75, 3.05) is 0 Å². The predicted molar refractivity (Wildman–Crippen MR) is 61.5 cm³/mol. The number of benzene rings is 2. The molecule has 2 aromatic rings. The van der Waals surface area contributed by atoms with Crippen LogP contribution in [-0.2, 0) is 0 Å². The summed E-state index contributed by atoms with van der Waals surface area (Å²) >= 11 is 0. The lowest BCUT2D eigenvalue weighted by molar-refractivity contribution is -0.138. The molecule has 0 spiro atoms. The molecule has 0 fully saturated rings. The molecule has 0 amide bonds. The van der Waals surface area contributed by atoms with E-state index in [1.165, 1.54) is 0 Å². The molecule has 0 heterocycles. The maximum atomic E-state index is 12.3. The van der Waals surface area contributed by atoms with Crippen molar-refractivity contribution in [1.82, 2.24) is 0 Å². The Balaban J connectivity index is 2.41. The molecule has 0 saturated heterocycles. The molecule has 90 valence electrons. The predicted octanol–water partition coefficient (Wildman–Crippen LogP) is 3.79. The molecule has 0 bridgehead atoms. The van der Waals surface area contributed by atoms with Crippen molar-refractivity contribution in [3.05, 3.63) is 48.0 Å². The quantitative estimate of drug-likeness (QED) is 0.847. The summed E-state index contributed by atoms with van der Waals surface area (Å²) in [5, 5.41) is 1.69. The summed E-state index contributed by atoms with van der Waals surface area (Å²) in [5.41, 5.74) is 6.17. The van der Waals surface area contributed by atoms with Crippen molar-refractivity contribution in [3.63, 3.8) is 0 Å². The average Bonchev–Trinajstić information content (AvgIpc) is 2.26. The molecule has 2 rings (SSSR count). The summed E-state index contributed by atoms with van der Waals surface area (Å²) in [6.07, 6.45) is -5.24. The van der Waals surface area contributed by atoms with Crippen LogP contribution in [0.25, 0.3) is 10.8 Å². The molecule has 0 aliphatic rings. The van der Waals surface area contributed by atoms with Crippen LogP contribution in [0.15, 0.2) is 42.5 Å². The van der Waals surface area contributed by atoms with E-state index < -0.39 is 18.6 Å². The Morgan fingerprint density at radius 1 is 1.00 bits per heavy atom. The molecule has 0 unspecified atom stereocenters. The first-order valence-electron chi connectivity index (χ1n) is 5.27. The lowest BCUT2D eigenvalue weighted by atomic mass is 9.97. The lowest BCUT2D eigenvalue weighted by Gasteiger charge is -2.16. The number of rotatable bonds is 2. The fraction of sp³-hybridized carbons (Fsp3) is 0.231. The highest BCUT2D eigenvalue weighted by Crippen LogP contribution is 2.31. The van der Waals surface area contributed by atoms with E-state index in [9.17, 15) is 13.2 Å². The molecule has 1 nitrogen and oxygen atoms in total. The highest BCUT2D eigenvalue weighted by Gasteiger charge is 2.31. The van der Waals surface area contributed by atoms with Crippen molar-refractivity contribution >= 4 is 10.8 Å². The van der Waals surface area contributed by atoms with E-state index in [1.807, 2.05) is 18.2 Å². The average molecular weight is 239 g/mol. The second kappa shape index (κ2) is 4.37. The van der Waals surface area contributed by atoms with E-state index in [0.717, 1.165) is 10.8 Å². The van der Waals surface area contributed by atoms with Crippen molar-refractivity contribution < 1.29 is 13.2 Å². The molecule has 2 N–H and O–H groups in total. The normalized spacial score (nSPS) is 13.9. The molecular formula is C13H12F3N. The standard InChI is InChI=1S/C13H12F3N/c14-13(15,16)8-12(17)11-7-3-5-9-4-1-2-6-10(9)11/h1-7,12H,8,17H2/t12-/m1/s1. The lowest BCUT2D eigenvalue weighted by Crippen LogP contribution is -2.20. The van der Waals surface area contributed by atoms with E-state index in [-0.39, 0.29) is 0 Å². The van der Waals surface area contributed by atoms with Crippen molar-refractivity contribution in [2.45, 2.75) is 18.6 Å². The van der Waals surface area contributed by atoms with Gasteiger partial charge in [0.05, 0.1) is 6.42 Å². The summed E-state index contributed by atoms with van der Waals surface area (Å²) < 4.78 is 36.9. The zero-order chi connectivity index (χ0) is 12.5. The summed E-state index contributed by atoms with van der Waals surface area (Å²) in [6, 6.07) is 11.5. The van der Waals surface area contributed by atoms with Crippen LogP contribution in [0.4, 0.5) is 13.2 Å². The Kier molecular flexibility index (Phi) is 3.07. The SMILES string of the molecule is N[C@H](CC(F)(F)F)c1cccc2ccccc12. The second-order valence-corrected chi connectivity index (χ2v) is 3.99. The van der Waals surface area contributed by atoms with Gasteiger partial charge in [-0.3, -0.25) is 0 Å². The van der Waals surface area contributed by atoms with Crippen LogP contribution in [-0.4, -0.2) is 6.18 Å². The number of halogens is 3. The van der Waals surface area contributed by atoms with Crippen LogP contribution in [0.2, 0.25) is 0 Å². The van der Waals surface area contributed by atoms with Crippen LogP contribution >= 0.6 is 0 Å². The Bertz CT molecular complexity index is 514. The minimum absolute atomic E-state index is 0.542. The van der Waals surface area contributed by atoms with Gasteiger partial charge in [-0.1, -0.05) is 42.5 Å². The van der Waals surface area contributed by atoms with Crippen LogP contribution in [0.3, 0.4) is 0 Å². The smallest absolute Gasteiger partial charge is 0.324 e. The first-order valence-corrected chi connectivity index (χ1v) is 5.27. The minimum atomic E-state index is -4.24. The largest absolute Gasteiger partial charge is 0.390 e. The van der Waals surface area contributed by atoms with Crippen molar-refractivity contribution in [2.24, 2.45) is 5.73 Å². The van der Waals surface area contributed by atoms with Crippen molar-refractivity contribution in [1.29, 1.82) is 0 Å². The van der Waals surface area contributed by atoms with E-state index in [2.05, 4.69) is 0 Å². The fourth-order valence-electron chi connectivity index (χ4n) is 1.93. The molecule has 1 atom stereocenters. The minimum Gasteiger partial charge on any atom is -0.324 e. The van der Waals surface area contributed by atoms with Crippen LogP contribution in [0.5, 0.6) is 0 Å². The van der Waals surface area contributed by atoms with Gasteiger partial charge in [-0.15, -0.1) is 0 Å². The molecular weight excluding hydrogens is 227 g/mol. The maximum Gasteiger partial charge on any atom is 0.390 e. The van der Waals surface area contributed by atoms with Crippen LogP contribution in [0, 0.1) is 0 Å². The first-order chi connectivity index (χ1) is 7.97. The molecule has 17 heavy (non-hydrogen) atoms. The molecule has 0 aromatic heterocycles. The summed E-state index contributed by atoms with van der Waals surface area (Å²) in [7, 11) is 0. The summed E-state index contributed by atoms with van der Waals surface area (Å²) in [6.45, 7) is 0. The van der Waals surface area contributed by atoms with Gasteiger partial charge in [0.25, 0.3) is 0 Å². The number of fused-ring (bicyclic) bond motifs is 1. The maximum absolute atomic E-state index is 12.3. The van der Waals surface area contributed by atoms with E-state index >= 15 is 0 Å². The number of hydrogen-bond donors (Lipinski definition) is 1. The van der Waals surface area contributed by atoms with Gasteiger partial charge in [0.2, 0.25) is 0 Å². The Morgan fingerprint density at radius 3 is 2.35 bits per heavy atom. The summed E-state index contributed by atoms with van der Waals surface area (Å²) in [4.78, 5) is 0. The molecule has 0 radical (unpaired) electrons. The first kappa shape index (κ1) is 11.9. The third-order valence-electron chi connectivity index (χ3n) is 2.67. The van der Waals surface area contributed by atoms with Gasteiger partial charge in [0.15, 0.2) is 0 Å². The topological polar surface area (TPSA) is 26.0 Å². The number of hydrogen-bond acceptors (Lipinski definition) is 1. The van der Waals surface area contributed by atoms with E-state index in [4.69, 9.17) is 5.73 Å². The van der Waals surface area contributed by atoms with Gasteiger partial charge in [-0.05, 0) is 16.3 Å². The molecule has 0 saturated carbocycles. The summed E-state index contributed by atoms with van der Waals surface area (Å²) in [5.74, 6) is 0. The van der Waals surface area contributed by atoms with Crippen LogP contribution in [0.1, 0.15) is 18.0 Å². The highest BCUT2D eigenvalue weighted by atomic mass is 19.4. The number of alkyl halides is 3. The monoisotopic (exact) mass is 239 g/mol. The van der Waals surface area contributed by atoms with Crippen molar-refractivity contribution in [3.8, 4) is 0 Å². The third kappa shape index (κ3) is 2.77. The number of nitrogens with two attached hydrogens (primary N) is 1. The van der Waals surface area contributed by atoms with Gasteiger partial charge in [0, 0.05) is 6.04 Å². The molecule has 0 aliphatic heterocycles. The van der Waals surface area contributed by atoms with Gasteiger partial charge in [0.1, 0.15) is 0 Å². The zero-order valence-electron chi connectivity index (χ0n) is 9.04. The molecule has 4 heteroatoms. The van der Waals surface area contributed by atoms with Gasteiger partial charge in [-0.25, -0.2) is 0 Å². The zero-order valence-corrected chi connectivity index (χ0v) is 9.04. The Hall–Kier alpha value is -1.55. The van der Waals surface area contributed by atoms with E-state index in [0.29, 0.717) is 5.56 Å². The van der Waals surface area contributed by atoms with Gasteiger partial charge >= 0.3 is 6.18 Å².